The Balaban J connectivity index is 0.00000112. The fraction of sp³-hybridized carbons (Fsp3) is 0.889. The van der Waals surface area contributed by atoms with Crippen molar-refractivity contribution in [2.45, 2.75) is 31.5 Å². The molecule has 0 aromatic carbocycles. The van der Waals surface area contributed by atoms with Crippen LogP contribution in [0.3, 0.4) is 0 Å². The second kappa shape index (κ2) is 5.65. The lowest BCUT2D eigenvalue weighted by Crippen LogP contribution is -2.43. The van der Waals surface area contributed by atoms with Gasteiger partial charge in [0, 0.05) is 19.6 Å². The van der Waals surface area contributed by atoms with Gasteiger partial charge in [0.05, 0.1) is 6.10 Å². The highest BCUT2D eigenvalue weighted by Crippen LogP contribution is 2.20. The first-order valence-corrected chi connectivity index (χ1v) is 5.21. The van der Waals surface area contributed by atoms with Gasteiger partial charge in [0.25, 0.3) is 5.91 Å². The molecule has 2 fully saturated rings. The Morgan fingerprint density at radius 1 is 1.53 bits per heavy atom. The smallest absolute Gasteiger partial charge is 0.265 e. The Labute approximate surface area is 95.7 Å². The summed E-state index contributed by atoms with van der Waals surface area (Å²) in [4.78, 5) is 11.8. The van der Waals surface area contributed by atoms with Gasteiger partial charge in [0.2, 0.25) is 0 Å². The van der Waals surface area contributed by atoms with Crippen LogP contribution in [0.25, 0.3) is 0 Å². The Bertz CT molecular complexity index is 221. The molecule has 3 N–H and O–H groups in total. The molecule has 1 amide bonds. The molecule has 88 valence electrons. The Kier molecular flexibility index (Phi) is 4.79. The first-order chi connectivity index (χ1) is 6.81. The fourth-order valence-electron chi connectivity index (χ4n) is 1.95. The van der Waals surface area contributed by atoms with Crippen molar-refractivity contribution in [1.29, 1.82) is 0 Å². The van der Waals surface area contributed by atoms with Gasteiger partial charge >= 0.3 is 0 Å². The van der Waals surface area contributed by atoms with Crippen LogP contribution in [0.15, 0.2) is 0 Å². The Morgan fingerprint density at radius 3 is 2.87 bits per heavy atom. The van der Waals surface area contributed by atoms with Crippen LogP contribution in [0.2, 0.25) is 0 Å². The number of hydrogen-bond acceptors (Lipinski definition) is 4. The molecule has 2 rings (SSSR count). The summed E-state index contributed by atoms with van der Waals surface area (Å²) in [5, 5.41) is 1.67. The van der Waals surface area contributed by atoms with Crippen molar-refractivity contribution in [3.8, 4) is 0 Å². The maximum atomic E-state index is 11.8. The second-order valence-electron chi connectivity index (χ2n) is 3.81. The summed E-state index contributed by atoms with van der Waals surface area (Å²) >= 11 is 0. The number of ether oxygens (including phenoxy) is 1. The van der Waals surface area contributed by atoms with Crippen LogP contribution in [0.1, 0.15) is 19.3 Å². The van der Waals surface area contributed by atoms with E-state index in [-0.39, 0.29) is 30.5 Å². The third-order valence-electron chi connectivity index (χ3n) is 2.77. The quantitative estimate of drug-likeness (QED) is 0.687. The number of nitrogens with two attached hydrogens (primary N) is 1. The van der Waals surface area contributed by atoms with E-state index >= 15 is 0 Å². The average Bonchev–Trinajstić information content (AvgIpc) is 2.88. The number of carbonyl (C=O) groups is 1. The normalized spacial score (nSPS) is 30.3. The maximum Gasteiger partial charge on any atom is 0.265 e. The largest absolute Gasteiger partial charge is 0.364 e. The molecule has 0 unspecified atom stereocenters. The zero-order valence-corrected chi connectivity index (χ0v) is 9.46. The molecular weight excluding hydrogens is 218 g/mol. The van der Waals surface area contributed by atoms with E-state index in [0.29, 0.717) is 6.54 Å². The summed E-state index contributed by atoms with van der Waals surface area (Å²) in [7, 11) is 0. The van der Waals surface area contributed by atoms with Crippen molar-refractivity contribution in [2.75, 3.05) is 19.6 Å². The third-order valence-corrected chi connectivity index (χ3v) is 2.77. The Morgan fingerprint density at radius 2 is 2.33 bits per heavy atom. The molecule has 2 aliphatic heterocycles. The van der Waals surface area contributed by atoms with E-state index in [0.717, 1.165) is 32.4 Å². The molecule has 5 nitrogen and oxygen atoms in total. The molecule has 2 saturated heterocycles. The van der Waals surface area contributed by atoms with Gasteiger partial charge in [0.1, 0.15) is 6.10 Å². The van der Waals surface area contributed by atoms with Gasteiger partial charge in [-0.2, -0.15) is 0 Å². The van der Waals surface area contributed by atoms with Crippen LogP contribution in [-0.2, 0) is 9.53 Å². The molecule has 2 atom stereocenters. The molecule has 0 aromatic rings. The number of hydrogen-bond donors (Lipinski definition) is 2. The molecule has 15 heavy (non-hydrogen) atoms. The highest BCUT2D eigenvalue weighted by molar-refractivity contribution is 5.85. The van der Waals surface area contributed by atoms with Crippen molar-refractivity contribution in [2.24, 2.45) is 5.73 Å². The van der Waals surface area contributed by atoms with Crippen LogP contribution in [0.4, 0.5) is 0 Å². The van der Waals surface area contributed by atoms with Crippen LogP contribution >= 0.6 is 12.4 Å². The van der Waals surface area contributed by atoms with E-state index in [1.54, 1.807) is 5.01 Å². The highest BCUT2D eigenvalue weighted by Gasteiger charge is 2.33. The number of nitrogens with zero attached hydrogens (tertiary/aromatic N) is 1. The van der Waals surface area contributed by atoms with E-state index in [1.807, 2.05) is 0 Å². The average molecular weight is 236 g/mol. The molecule has 0 aromatic heterocycles. The summed E-state index contributed by atoms with van der Waals surface area (Å²) in [5.41, 5.74) is 8.52. The molecule has 0 radical (unpaired) electrons. The predicted molar refractivity (Wildman–Crippen MR) is 58.5 cm³/mol. The molecular formula is C9H18ClN3O2. The zero-order valence-electron chi connectivity index (χ0n) is 8.65. The number of amides is 1. The highest BCUT2D eigenvalue weighted by atomic mass is 35.5. The minimum atomic E-state index is -0.269. The van der Waals surface area contributed by atoms with Crippen molar-refractivity contribution >= 4 is 18.3 Å². The van der Waals surface area contributed by atoms with Gasteiger partial charge in [-0.3, -0.25) is 9.80 Å². The minimum Gasteiger partial charge on any atom is -0.364 e. The summed E-state index contributed by atoms with van der Waals surface area (Å²) in [6.45, 7) is 2.20. The van der Waals surface area contributed by atoms with Crippen LogP contribution in [-0.4, -0.2) is 42.8 Å². The van der Waals surface area contributed by atoms with Crippen molar-refractivity contribution in [1.82, 2.24) is 10.4 Å². The molecule has 0 aliphatic carbocycles. The monoisotopic (exact) mass is 235 g/mol. The summed E-state index contributed by atoms with van der Waals surface area (Å²) < 4.78 is 5.53. The first-order valence-electron chi connectivity index (χ1n) is 5.21. The number of halogens is 1. The van der Waals surface area contributed by atoms with E-state index in [2.05, 4.69) is 5.43 Å². The summed E-state index contributed by atoms with van der Waals surface area (Å²) in [6, 6.07) is 0. The molecule has 2 heterocycles. The van der Waals surface area contributed by atoms with E-state index in [1.165, 1.54) is 0 Å². The first kappa shape index (κ1) is 12.7. The predicted octanol–water partition coefficient (Wildman–Crippen LogP) is -0.349. The molecule has 0 bridgehead atoms. The van der Waals surface area contributed by atoms with E-state index in [4.69, 9.17) is 10.5 Å². The third kappa shape index (κ3) is 2.81. The molecule has 0 spiro atoms. The van der Waals surface area contributed by atoms with Crippen molar-refractivity contribution in [3.63, 3.8) is 0 Å². The van der Waals surface area contributed by atoms with E-state index in [9.17, 15) is 4.79 Å². The fourth-order valence-corrected chi connectivity index (χ4v) is 1.95. The standard InChI is InChI=1S/C9H17N3O2.ClH/c10-6-7-2-3-8(14-7)9(13)12-5-1-4-11-12;/h7-8,11H,1-6,10H2;1H/t7-,8+;/m1./s1. The van der Waals surface area contributed by atoms with E-state index < -0.39 is 0 Å². The number of nitrogens with one attached hydrogen (secondary N) is 1. The zero-order chi connectivity index (χ0) is 9.97. The maximum absolute atomic E-state index is 11.8. The topological polar surface area (TPSA) is 67.6 Å². The lowest BCUT2D eigenvalue weighted by molar-refractivity contribution is -0.144. The van der Waals surface area contributed by atoms with Gasteiger partial charge in [-0.15, -0.1) is 12.4 Å². The van der Waals surface area contributed by atoms with Crippen molar-refractivity contribution < 1.29 is 9.53 Å². The summed E-state index contributed by atoms with van der Waals surface area (Å²) in [6.07, 6.45) is 2.54. The van der Waals surface area contributed by atoms with Gasteiger partial charge in [-0.05, 0) is 19.3 Å². The molecule has 6 heteroatoms. The number of carbonyl (C=O) groups excluding carboxylic acids is 1. The van der Waals surface area contributed by atoms with Gasteiger partial charge in [-0.1, -0.05) is 0 Å². The Hall–Kier alpha value is -0.360. The van der Waals surface area contributed by atoms with Gasteiger partial charge < -0.3 is 10.5 Å². The minimum absolute atomic E-state index is 0. The number of hydrazine groups is 1. The summed E-state index contributed by atoms with van der Waals surface area (Å²) in [5.74, 6) is 0.0680. The van der Waals surface area contributed by atoms with Gasteiger partial charge in [-0.25, -0.2) is 5.43 Å². The SMILES string of the molecule is Cl.NC[C@H]1CC[C@@H](C(=O)N2CCCN2)O1. The van der Waals surface area contributed by atoms with Crippen molar-refractivity contribution in [3.05, 3.63) is 0 Å². The van der Waals surface area contributed by atoms with Gasteiger partial charge in [0.15, 0.2) is 0 Å². The lowest BCUT2D eigenvalue weighted by atomic mass is 10.2. The van der Waals surface area contributed by atoms with Crippen LogP contribution in [0.5, 0.6) is 0 Å². The molecule has 0 saturated carbocycles. The lowest BCUT2D eigenvalue weighted by Gasteiger charge is -2.19. The number of rotatable bonds is 2. The molecule has 2 aliphatic rings. The van der Waals surface area contributed by atoms with Crippen LogP contribution in [0, 0.1) is 0 Å². The second-order valence-corrected chi connectivity index (χ2v) is 3.81. The van der Waals surface area contributed by atoms with Crippen LogP contribution < -0.4 is 11.2 Å².